The Morgan fingerprint density at radius 1 is 0.524 bits per heavy atom. The van der Waals surface area contributed by atoms with Crippen LogP contribution >= 0.6 is 0 Å². The second-order valence-electron chi connectivity index (χ2n) is 31.0. The van der Waals surface area contributed by atoms with Crippen molar-refractivity contribution in [2.45, 2.75) is 154 Å². The molecule has 2 unspecified atom stereocenters. The predicted octanol–water partition coefficient (Wildman–Crippen LogP) is 14.7. The molecule has 0 radical (unpaired) electrons. The number of carbonyl (C=O) groups excluding carboxylic acids is 7. The molecule has 1 heterocycles. The molecule has 6 aromatic rings. The van der Waals surface area contributed by atoms with E-state index in [1.807, 2.05) is 72.8 Å². The Hall–Kier alpha value is -8.91. The topological polar surface area (TPSA) is 227 Å². The summed E-state index contributed by atoms with van der Waals surface area (Å²) in [5.41, 5.74) is 13.6. The number of amides is 6. The normalized spacial score (nSPS) is 24.9. The Morgan fingerprint density at radius 2 is 0.952 bits per heavy atom. The van der Waals surface area contributed by atoms with Gasteiger partial charge >= 0.3 is 24.2 Å². The van der Waals surface area contributed by atoms with E-state index in [0.717, 1.165) is 73.6 Å². The van der Waals surface area contributed by atoms with Crippen molar-refractivity contribution in [3.63, 3.8) is 0 Å². The largest absolute Gasteiger partial charge is 0.449 e. The van der Waals surface area contributed by atoms with Crippen molar-refractivity contribution in [1.82, 2.24) is 25.9 Å². The van der Waals surface area contributed by atoms with Crippen molar-refractivity contribution in [1.29, 1.82) is 0 Å². The van der Waals surface area contributed by atoms with E-state index in [4.69, 9.17) is 33.3 Å². The molecule has 19 heteroatoms. The molecule has 0 aromatic heterocycles. The van der Waals surface area contributed by atoms with Crippen LogP contribution in [0.3, 0.4) is 0 Å². The number of fused-ring (bicyclic) bond motifs is 14. The van der Waals surface area contributed by atoms with Gasteiger partial charge < -0.3 is 54.1 Å². The summed E-state index contributed by atoms with van der Waals surface area (Å²) in [5, 5.41) is 9.59. The molecule has 4 saturated carbocycles. The molecule has 6 amide bonds. The van der Waals surface area contributed by atoms with Crippen molar-refractivity contribution in [2.24, 2.45) is 46.3 Å². The highest BCUT2D eigenvalue weighted by Crippen LogP contribution is 2.69. The highest BCUT2D eigenvalue weighted by Gasteiger charge is 2.67. The molecule has 1 saturated heterocycles. The lowest BCUT2D eigenvalue weighted by Gasteiger charge is -2.65. The summed E-state index contributed by atoms with van der Waals surface area (Å²) in [7, 11) is 0. The monoisotopic (exact) mass is 1430 g/mol. The summed E-state index contributed by atoms with van der Waals surface area (Å²) in [4.78, 5) is 97.5. The van der Waals surface area contributed by atoms with Crippen molar-refractivity contribution in [3.8, 4) is 33.4 Å². The van der Waals surface area contributed by atoms with Gasteiger partial charge in [-0.1, -0.05) is 166 Å². The lowest BCUT2D eigenvalue weighted by Crippen LogP contribution is -2.63. The number of nitrogens with one attached hydrogen (secondary N) is 3. The van der Waals surface area contributed by atoms with Crippen LogP contribution in [-0.4, -0.2) is 143 Å². The first-order valence-corrected chi connectivity index (χ1v) is 38.5. The number of nitrogens with zero attached hydrogens (tertiary/aromatic N) is 2. The summed E-state index contributed by atoms with van der Waals surface area (Å²) in [5.74, 6) is -1.06. The van der Waals surface area contributed by atoms with E-state index in [-0.39, 0.29) is 128 Å². The van der Waals surface area contributed by atoms with Gasteiger partial charge in [0.25, 0.3) is 11.8 Å². The molecule has 0 spiro atoms. The fraction of sp³-hybridized carbons (Fsp3) is 0.500. The zero-order chi connectivity index (χ0) is 72.8. The highest BCUT2D eigenvalue weighted by atomic mass is 16.7. The van der Waals surface area contributed by atoms with Crippen LogP contribution in [-0.2, 0) is 52.4 Å². The standard InChI is InChI=1S/C86H101N5O14/c1-54(21-17-43-90(55(2)92)50-80(95)105-91-78(93)36-37-79(91)94)73-34-35-74-81-75(49-77(86(73,74)4)101-46-20-42-89-84(98)104-53-72-68-32-15-9-26-62(68)63-27-10-16-33-69(63)72)85(3)39-38-57(99-44-18-40-87-82(96)102-51-70-64-28-11-5-22-58(64)59-23-6-12-29-65(59)70)47-56(85)48-76(81)100-45-19-41-88-83(97)103-52-71-66-30-13-7-24-60(66)61-25-8-14-31-67(61)71/h5-16,22-33,54,56-57,70-77,81H,17-21,34-53H2,1-4H3,(H,87,96)(H,88,97)(H,89,98)/t54-,56?,57-,73-,74+,75+,76-,77+,81?,85+,86-/m1/s1. The van der Waals surface area contributed by atoms with Gasteiger partial charge in [-0.05, 0) is 185 Å². The summed E-state index contributed by atoms with van der Waals surface area (Å²) in [6.07, 6.45) is 7.99. The first-order chi connectivity index (χ1) is 51.1. The van der Waals surface area contributed by atoms with Crippen LogP contribution in [0.2, 0.25) is 0 Å². The molecule has 6 aromatic carbocycles. The predicted molar refractivity (Wildman–Crippen MR) is 396 cm³/mol. The zero-order valence-electron chi connectivity index (χ0n) is 61.1. The minimum absolute atomic E-state index is 0.0235. The van der Waals surface area contributed by atoms with E-state index in [9.17, 15) is 33.6 Å². The second-order valence-corrected chi connectivity index (χ2v) is 31.0. The molecule has 554 valence electrons. The van der Waals surface area contributed by atoms with Gasteiger partial charge in [0, 0.05) is 88.9 Å². The van der Waals surface area contributed by atoms with Crippen LogP contribution in [0.25, 0.3) is 33.4 Å². The number of ether oxygens (including phenoxy) is 6. The van der Waals surface area contributed by atoms with Crippen molar-refractivity contribution in [3.05, 3.63) is 179 Å². The number of alkyl carbamates (subject to hydrolysis) is 3. The van der Waals surface area contributed by atoms with E-state index < -0.39 is 36.1 Å². The molecule has 105 heavy (non-hydrogen) atoms. The van der Waals surface area contributed by atoms with Gasteiger partial charge in [0.05, 0.1) is 18.3 Å². The average Bonchev–Trinajstić information content (AvgIpc) is 1.66. The second kappa shape index (κ2) is 32.4. The molecule has 1 aliphatic heterocycles. The van der Waals surface area contributed by atoms with Crippen molar-refractivity contribution < 1.29 is 66.8 Å². The lowest BCUT2D eigenvalue weighted by molar-refractivity contribution is -0.227. The third kappa shape index (κ3) is 15.3. The van der Waals surface area contributed by atoms with Crippen LogP contribution in [0.1, 0.15) is 169 Å². The summed E-state index contributed by atoms with van der Waals surface area (Å²) >= 11 is 0. The van der Waals surface area contributed by atoms with Gasteiger partial charge in [0.15, 0.2) is 0 Å². The fourth-order valence-corrected chi connectivity index (χ4v) is 20.2. The molecule has 11 atom stereocenters. The number of hydrogen-bond donors (Lipinski definition) is 3. The molecular formula is C86H101N5O14. The van der Waals surface area contributed by atoms with E-state index >= 15 is 0 Å². The van der Waals surface area contributed by atoms with Crippen LogP contribution < -0.4 is 16.0 Å². The SMILES string of the molecule is CC(=O)N(CCC[C@@H](C)[C@H]1CC[C@H]2C3[C@H](OCCCNC(=O)OCC4c5ccccc5-c5ccccc54)CC4C[C@H](OCCCNC(=O)OCC5c6ccccc6-c6ccccc65)CC[C@]4(C)[C@H]3C[C@H](OCCCNC(=O)OCC3c4ccccc4-c4ccccc43)[C@]12C)CC(=O)ON1C(=O)CCC1=O. The van der Waals surface area contributed by atoms with Crippen LogP contribution in [0.15, 0.2) is 146 Å². The quantitative estimate of drug-likeness (QED) is 0.0226. The Kier molecular flexibility index (Phi) is 22.6. The maximum Gasteiger partial charge on any atom is 0.407 e. The Balaban J connectivity index is 0.643. The maximum absolute atomic E-state index is 13.5. The van der Waals surface area contributed by atoms with Crippen molar-refractivity contribution >= 4 is 42.0 Å². The lowest BCUT2D eigenvalue weighted by atomic mass is 9.43. The molecule has 8 aliphatic rings. The Bertz CT molecular complexity index is 4010. The number of benzene rings is 6. The highest BCUT2D eigenvalue weighted by molar-refractivity contribution is 6.01. The number of hydrogen-bond acceptors (Lipinski definition) is 14. The summed E-state index contributed by atoms with van der Waals surface area (Å²) in [6, 6.07) is 49.9. The maximum atomic E-state index is 13.5. The first-order valence-electron chi connectivity index (χ1n) is 38.5. The third-order valence-electron chi connectivity index (χ3n) is 25.3. The van der Waals surface area contributed by atoms with Gasteiger partial charge in [-0.25, -0.2) is 19.2 Å². The molecule has 0 bridgehead atoms. The minimum Gasteiger partial charge on any atom is -0.449 e. The van der Waals surface area contributed by atoms with E-state index in [1.165, 1.54) is 56.3 Å². The molecular weight excluding hydrogens is 1330 g/mol. The Morgan fingerprint density at radius 3 is 1.40 bits per heavy atom. The zero-order valence-corrected chi connectivity index (χ0v) is 61.1. The first kappa shape index (κ1) is 73.0. The summed E-state index contributed by atoms with van der Waals surface area (Å²) < 4.78 is 39.2. The number of rotatable bonds is 29. The fourth-order valence-electron chi connectivity index (χ4n) is 20.2. The van der Waals surface area contributed by atoms with Crippen LogP contribution in [0.5, 0.6) is 0 Å². The number of imide groups is 1. The van der Waals surface area contributed by atoms with E-state index in [0.29, 0.717) is 76.7 Å². The molecule has 5 fully saturated rings. The van der Waals surface area contributed by atoms with Crippen LogP contribution in [0.4, 0.5) is 14.4 Å². The van der Waals surface area contributed by atoms with Gasteiger partial charge in [0.2, 0.25) is 5.91 Å². The van der Waals surface area contributed by atoms with Gasteiger partial charge in [0.1, 0.15) is 26.4 Å². The average molecular weight is 1430 g/mol. The Labute approximate surface area is 616 Å². The third-order valence-corrected chi connectivity index (χ3v) is 25.3. The van der Waals surface area contributed by atoms with Crippen LogP contribution in [0, 0.1) is 46.3 Å². The smallest absolute Gasteiger partial charge is 0.407 e. The molecule has 3 N–H and O–H groups in total. The minimum atomic E-state index is -0.843. The number of carbonyl (C=O) groups is 7. The van der Waals surface area contributed by atoms with Crippen molar-refractivity contribution in [2.75, 3.05) is 72.4 Å². The molecule has 7 aliphatic carbocycles. The molecule has 14 rings (SSSR count). The summed E-state index contributed by atoms with van der Waals surface area (Å²) in [6.45, 7) is 11.9. The molecule has 19 nitrogen and oxygen atoms in total. The van der Waals surface area contributed by atoms with Gasteiger partial charge in [-0.3, -0.25) is 14.4 Å². The van der Waals surface area contributed by atoms with E-state index in [2.05, 4.69) is 110 Å². The van der Waals surface area contributed by atoms with E-state index in [1.54, 1.807) is 0 Å². The van der Waals surface area contributed by atoms with Gasteiger partial charge in [-0.15, -0.1) is 5.06 Å². The van der Waals surface area contributed by atoms with Gasteiger partial charge in [-0.2, -0.15) is 0 Å². The number of hydroxylamine groups is 2.